The Morgan fingerprint density at radius 3 is 1.25 bits per heavy atom. The second-order valence-corrected chi connectivity index (χ2v) is 10.6. The van der Waals surface area contributed by atoms with Crippen molar-refractivity contribution < 1.29 is 0 Å². The van der Waals surface area contributed by atoms with Crippen LogP contribution in [0.25, 0.3) is 0 Å². The fourth-order valence-corrected chi connectivity index (χ4v) is 2.95. The van der Waals surface area contributed by atoms with E-state index in [-0.39, 0.29) is 23.1 Å². The molecule has 0 saturated heterocycles. The number of alkyl halides is 9. The van der Waals surface area contributed by atoms with E-state index in [1.165, 1.54) is 12.1 Å². The minimum absolute atomic E-state index is 0.224. The molecule has 20 heavy (non-hydrogen) atoms. The summed E-state index contributed by atoms with van der Waals surface area (Å²) in [4.78, 5) is 0. The molecule has 1 radical (unpaired) electrons. The Balaban J connectivity index is 3.75. The predicted octanol–water partition coefficient (Wildman–Crippen LogP) is 7.54. The van der Waals surface area contributed by atoms with E-state index < -0.39 is 11.4 Å². The van der Waals surface area contributed by atoms with E-state index in [1.807, 2.05) is 0 Å². The number of benzene rings is 1. The van der Waals surface area contributed by atoms with Gasteiger partial charge in [-0.3, -0.25) is 0 Å². The fourth-order valence-electron chi connectivity index (χ4n) is 1.61. The summed E-state index contributed by atoms with van der Waals surface area (Å²) in [6, 6.07) is 2.89. The van der Waals surface area contributed by atoms with Crippen LogP contribution in [-0.2, 0) is 17.8 Å². The van der Waals surface area contributed by atoms with Gasteiger partial charge in [0.1, 0.15) is 0 Å². The minimum atomic E-state index is -1.77. The van der Waals surface area contributed by atoms with Crippen LogP contribution in [0.5, 0.6) is 0 Å². The SMILES string of the molecule is [CH2]Cc1c(C(Cl)(Cl)Cl)cc(C(Cl)(Cl)Cl)cc1C(Cl)(Cl)Cl. The van der Waals surface area contributed by atoms with Crippen molar-refractivity contribution in [1.29, 1.82) is 0 Å². The van der Waals surface area contributed by atoms with Crippen LogP contribution in [0.3, 0.4) is 0 Å². The van der Waals surface area contributed by atoms with Crippen molar-refractivity contribution in [3.63, 3.8) is 0 Å². The zero-order chi connectivity index (χ0) is 15.9. The number of hydrogen-bond acceptors (Lipinski definition) is 0. The van der Waals surface area contributed by atoms with Crippen molar-refractivity contribution in [2.24, 2.45) is 0 Å². The summed E-state index contributed by atoms with van der Waals surface area (Å²) in [5.74, 6) is 0. The van der Waals surface area contributed by atoms with Gasteiger partial charge in [-0.1, -0.05) is 104 Å². The highest BCUT2D eigenvalue weighted by atomic mass is 35.6. The average Bonchev–Trinajstić information content (AvgIpc) is 2.23. The Kier molecular flexibility index (Phi) is 6.71. The molecule has 0 atom stereocenters. The van der Waals surface area contributed by atoms with Crippen molar-refractivity contribution in [2.75, 3.05) is 0 Å². The summed E-state index contributed by atoms with van der Waals surface area (Å²) in [6.07, 6.45) is 0.229. The van der Waals surface area contributed by atoms with Crippen LogP contribution in [-0.4, -0.2) is 0 Å². The van der Waals surface area contributed by atoms with Gasteiger partial charge in [-0.2, -0.15) is 0 Å². The van der Waals surface area contributed by atoms with Gasteiger partial charge in [0.05, 0.1) is 0 Å². The first-order valence-electron chi connectivity index (χ1n) is 4.96. The number of halogens is 9. The zero-order valence-electron chi connectivity index (χ0n) is 9.47. The first kappa shape index (κ1) is 19.9. The maximum Gasteiger partial charge on any atom is 0.216 e. The first-order valence-corrected chi connectivity index (χ1v) is 8.36. The van der Waals surface area contributed by atoms with Crippen molar-refractivity contribution in [3.05, 3.63) is 41.3 Å². The third-order valence-electron chi connectivity index (χ3n) is 2.44. The van der Waals surface area contributed by atoms with Gasteiger partial charge in [-0.15, -0.1) is 0 Å². The standard InChI is InChI=1S/C11H6Cl9/c1-2-6-7(10(15,16)17)3-5(9(12,13)14)4-8(6)11(18,19)20/h3-4H,1-2H2. The normalized spacial score (nSPS) is 13.7. The van der Waals surface area contributed by atoms with Crippen molar-refractivity contribution >= 4 is 104 Å². The molecule has 0 bridgehead atoms. The molecular formula is C11H6Cl9. The molecule has 0 amide bonds. The largest absolute Gasteiger partial charge is 0.216 e. The topological polar surface area (TPSA) is 0 Å². The lowest BCUT2D eigenvalue weighted by molar-refractivity contribution is 1.03. The third-order valence-corrected chi connectivity index (χ3v) is 4.31. The lowest BCUT2D eigenvalue weighted by atomic mass is 9.97. The third kappa shape index (κ3) is 4.91. The Hall–Kier alpha value is 1.83. The summed E-state index contributed by atoms with van der Waals surface area (Å²) < 4.78 is -5.30. The molecule has 1 aromatic rings. The van der Waals surface area contributed by atoms with E-state index in [1.54, 1.807) is 0 Å². The van der Waals surface area contributed by atoms with E-state index >= 15 is 0 Å². The lowest BCUT2D eigenvalue weighted by Gasteiger charge is -2.25. The summed E-state index contributed by atoms with van der Waals surface area (Å²) in [5, 5.41) is 0. The monoisotopic (exact) mass is 453 g/mol. The van der Waals surface area contributed by atoms with E-state index in [4.69, 9.17) is 104 Å². The van der Waals surface area contributed by atoms with Gasteiger partial charge in [-0.05, 0) is 31.0 Å². The van der Waals surface area contributed by atoms with Crippen LogP contribution in [0.15, 0.2) is 12.1 Å². The van der Waals surface area contributed by atoms with Crippen LogP contribution in [0.2, 0.25) is 0 Å². The molecule has 0 unspecified atom stereocenters. The highest BCUT2D eigenvalue weighted by Gasteiger charge is 2.36. The molecule has 0 spiro atoms. The molecule has 0 aromatic heterocycles. The van der Waals surface area contributed by atoms with E-state index in [2.05, 4.69) is 6.92 Å². The average molecular weight is 457 g/mol. The number of rotatable bonds is 1. The Morgan fingerprint density at radius 2 is 1.05 bits per heavy atom. The van der Waals surface area contributed by atoms with Gasteiger partial charge in [0.25, 0.3) is 0 Å². The van der Waals surface area contributed by atoms with Crippen LogP contribution in [0.1, 0.15) is 22.3 Å². The maximum atomic E-state index is 5.93. The highest BCUT2D eigenvalue weighted by molar-refractivity contribution is 6.68. The van der Waals surface area contributed by atoms with Gasteiger partial charge in [0.15, 0.2) is 0 Å². The molecule has 0 nitrogen and oxygen atoms in total. The summed E-state index contributed by atoms with van der Waals surface area (Å²) in [7, 11) is 0. The minimum Gasteiger partial charge on any atom is -0.0784 e. The summed E-state index contributed by atoms with van der Waals surface area (Å²) in [5.41, 5.74) is 1.20. The molecule has 0 N–H and O–H groups in total. The van der Waals surface area contributed by atoms with Gasteiger partial charge in [0.2, 0.25) is 11.4 Å². The van der Waals surface area contributed by atoms with E-state index in [0.29, 0.717) is 5.56 Å². The van der Waals surface area contributed by atoms with Crippen LogP contribution in [0.4, 0.5) is 0 Å². The van der Waals surface area contributed by atoms with Crippen LogP contribution >= 0.6 is 104 Å². The fraction of sp³-hybridized carbons (Fsp3) is 0.364. The molecule has 9 heteroatoms. The lowest BCUT2D eigenvalue weighted by Crippen LogP contribution is -2.16. The van der Waals surface area contributed by atoms with Crippen molar-refractivity contribution in [1.82, 2.24) is 0 Å². The highest BCUT2D eigenvalue weighted by Crippen LogP contribution is 2.50. The molecule has 1 rings (SSSR count). The molecule has 0 saturated carbocycles. The smallest absolute Gasteiger partial charge is 0.0784 e. The summed E-state index contributed by atoms with van der Waals surface area (Å²) >= 11 is 53.2. The second kappa shape index (κ2) is 6.75. The molecular weight excluding hydrogens is 451 g/mol. The molecule has 1 aromatic carbocycles. The van der Waals surface area contributed by atoms with Gasteiger partial charge < -0.3 is 0 Å². The zero-order valence-corrected chi connectivity index (χ0v) is 16.3. The molecule has 113 valence electrons. The molecule has 0 aliphatic heterocycles. The Bertz CT molecular complexity index is 455. The quantitative estimate of drug-likeness (QED) is 0.382. The van der Waals surface area contributed by atoms with Crippen molar-refractivity contribution in [3.8, 4) is 0 Å². The molecule has 0 aliphatic carbocycles. The van der Waals surface area contributed by atoms with Crippen LogP contribution < -0.4 is 0 Å². The first-order chi connectivity index (χ1) is 8.78. The molecule has 0 heterocycles. The Labute approximate surface area is 162 Å². The molecule has 0 fully saturated rings. The van der Waals surface area contributed by atoms with Crippen LogP contribution in [0, 0.1) is 6.92 Å². The second-order valence-electron chi connectivity index (χ2n) is 3.79. The Morgan fingerprint density at radius 1 is 0.700 bits per heavy atom. The van der Waals surface area contributed by atoms with E-state index in [0.717, 1.165) is 0 Å². The summed E-state index contributed by atoms with van der Waals surface area (Å²) in [6.45, 7) is 3.75. The van der Waals surface area contributed by atoms with Gasteiger partial charge >= 0.3 is 0 Å². The van der Waals surface area contributed by atoms with E-state index in [9.17, 15) is 0 Å². The molecule has 0 aliphatic rings. The number of hydrogen-bond donors (Lipinski definition) is 0. The predicted molar refractivity (Wildman–Crippen MR) is 93.2 cm³/mol. The van der Waals surface area contributed by atoms with Gasteiger partial charge in [-0.25, -0.2) is 0 Å². The maximum absolute atomic E-state index is 5.93. The van der Waals surface area contributed by atoms with Gasteiger partial charge in [0, 0.05) is 16.7 Å². The van der Waals surface area contributed by atoms with Crippen molar-refractivity contribution in [2.45, 2.75) is 17.8 Å².